The molecule has 0 aliphatic heterocycles. The van der Waals surface area contributed by atoms with Crippen molar-refractivity contribution in [1.82, 2.24) is 0 Å². The van der Waals surface area contributed by atoms with Crippen molar-refractivity contribution in [2.45, 2.75) is 64.5 Å². The van der Waals surface area contributed by atoms with Crippen molar-refractivity contribution < 1.29 is 47.7 Å². The van der Waals surface area contributed by atoms with Gasteiger partial charge in [0.15, 0.2) is 0 Å². The molecule has 0 spiro atoms. The van der Waals surface area contributed by atoms with Crippen LogP contribution >= 0.6 is 7.92 Å². The van der Waals surface area contributed by atoms with E-state index in [1.807, 2.05) is 8.64 Å². The molecule has 0 bridgehead atoms. The summed E-state index contributed by atoms with van der Waals surface area (Å²) in [7, 11) is -0.0161. The molecule has 0 heterocycles. The number of halogens is 2. The smallest absolute Gasteiger partial charge is 1.00 e. The van der Waals surface area contributed by atoms with Gasteiger partial charge in [0.05, 0.1) is 0 Å². The molecule has 2 aliphatic carbocycles. The van der Waals surface area contributed by atoms with E-state index >= 15 is 0 Å². The Hall–Kier alpha value is 0.320. The second kappa shape index (κ2) is 13.9. The van der Waals surface area contributed by atoms with Crippen LogP contribution in [0.15, 0.2) is 50.6 Å². The zero-order chi connectivity index (χ0) is 21.0. The van der Waals surface area contributed by atoms with Crippen molar-refractivity contribution in [2.24, 2.45) is 17.8 Å². The average molecular weight is 644 g/mol. The van der Waals surface area contributed by atoms with Gasteiger partial charge in [-0.15, -0.1) is 0 Å². The van der Waals surface area contributed by atoms with Crippen LogP contribution in [0.1, 0.15) is 75.6 Å². The van der Waals surface area contributed by atoms with Crippen molar-refractivity contribution in [1.29, 1.82) is 0 Å². The number of hydrogen-bond acceptors (Lipinski definition) is 0. The van der Waals surface area contributed by atoms with Crippen molar-refractivity contribution >= 4 is 14.0 Å². The van der Waals surface area contributed by atoms with E-state index in [1.54, 1.807) is 11.1 Å². The van der Waals surface area contributed by atoms with Gasteiger partial charge in [-0.25, -0.2) is 0 Å². The van der Waals surface area contributed by atoms with Crippen LogP contribution in [0, 0.1) is 17.8 Å². The summed E-state index contributed by atoms with van der Waals surface area (Å²) < 4.78 is 2.70. The summed E-state index contributed by atoms with van der Waals surface area (Å²) in [5.41, 5.74) is 4.94. The fourth-order valence-corrected chi connectivity index (χ4v) is 16.7. The Labute approximate surface area is 216 Å². The molecule has 0 fully saturated rings. The third-order valence-corrected chi connectivity index (χ3v) is 16.6. The number of benzene rings is 1. The molecule has 0 nitrogen and oxygen atoms in total. The van der Waals surface area contributed by atoms with E-state index < -0.39 is 22.9 Å². The number of allylic oxidation sites excluding steroid dienone is 5. The molecule has 2 atom stereocenters. The van der Waals surface area contributed by atoms with Crippen LogP contribution in [-0.2, 0) is 22.9 Å². The molecule has 0 radical (unpaired) electrons. The first-order valence-corrected chi connectivity index (χ1v) is 17.2. The number of fused-ring (bicyclic) bond motifs is 1. The van der Waals surface area contributed by atoms with Gasteiger partial charge < -0.3 is 24.8 Å². The number of rotatable bonds is 10. The Morgan fingerprint density at radius 3 is 2.26 bits per heavy atom. The van der Waals surface area contributed by atoms with Crippen molar-refractivity contribution in [2.75, 3.05) is 12.3 Å². The van der Waals surface area contributed by atoms with E-state index in [1.165, 1.54) is 37.1 Å². The third kappa shape index (κ3) is 7.67. The van der Waals surface area contributed by atoms with Crippen molar-refractivity contribution in [3.63, 3.8) is 0 Å². The van der Waals surface area contributed by atoms with E-state index in [0.717, 1.165) is 21.4 Å². The molecule has 0 N–H and O–H groups in total. The largest absolute Gasteiger partial charge is 1.00 e. The molecule has 0 amide bonds. The van der Waals surface area contributed by atoms with Gasteiger partial charge in [-0.1, -0.05) is 0 Å². The Bertz CT molecular complexity index is 784. The second-order valence-corrected chi connectivity index (χ2v) is 17.3. The van der Waals surface area contributed by atoms with Crippen LogP contribution in [0.3, 0.4) is 0 Å². The molecule has 0 aromatic heterocycles. The molecule has 3 rings (SSSR count). The third-order valence-electron chi connectivity index (χ3n) is 5.98. The van der Waals surface area contributed by atoms with E-state index in [4.69, 9.17) is 0 Å². The number of hydrogen-bond donors (Lipinski definition) is 0. The summed E-state index contributed by atoms with van der Waals surface area (Å²) in [6, 6.07) is 9.34. The molecule has 0 saturated heterocycles. The summed E-state index contributed by atoms with van der Waals surface area (Å²) in [6.07, 6.45) is 14.3. The van der Waals surface area contributed by atoms with Gasteiger partial charge in [-0.05, 0) is 0 Å². The Morgan fingerprint density at radius 2 is 1.65 bits per heavy atom. The minimum atomic E-state index is -0.975. The molecule has 1 aromatic rings. The Morgan fingerprint density at radius 1 is 1.00 bits per heavy atom. The monoisotopic (exact) mass is 644 g/mol. The molecule has 0 saturated carbocycles. The van der Waals surface area contributed by atoms with Gasteiger partial charge in [0.1, 0.15) is 0 Å². The van der Waals surface area contributed by atoms with Gasteiger partial charge in [0.2, 0.25) is 0 Å². The summed E-state index contributed by atoms with van der Waals surface area (Å²) >= 11 is -0.975. The topological polar surface area (TPSA) is 0 Å². The van der Waals surface area contributed by atoms with E-state index in [0.29, 0.717) is 0 Å². The summed E-state index contributed by atoms with van der Waals surface area (Å²) in [4.78, 5) is 0. The predicted molar refractivity (Wildman–Crippen MR) is 128 cm³/mol. The molecular formula is C27H39Cl2HfP. The molecule has 4 heteroatoms. The predicted octanol–water partition coefficient (Wildman–Crippen LogP) is 2.62. The van der Waals surface area contributed by atoms with Crippen LogP contribution in [0.5, 0.6) is 0 Å². The normalized spacial score (nSPS) is 18.1. The van der Waals surface area contributed by atoms with Gasteiger partial charge in [-0.3, -0.25) is 0 Å². The van der Waals surface area contributed by atoms with Crippen molar-refractivity contribution in [3.05, 3.63) is 61.8 Å². The maximum absolute atomic E-state index is 2.64. The average Bonchev–Trinajstić information content (AvgIpc) is 3.26. The van der Waals surface area contributed by atoms with Gasteiger partial charge in [0, 0.05) is 0 Å². The van der Waals surface area contributed by atoms with Crippen LogP contribution in [0.4, 0.5) is 0 Å². The SMILES string of the molecule is CCCC(C)C1=[C]([Hf+2][CH]2C(P(CC(C)C)CC(C)C)=Cc3ccccc32)CC=C1.[Cl-].[Cl-]. The second-order valence-electron chi connectivity index (χ2n) is 9.70. The first kappa shape index (κ1) is 29.4. The van der Waals surface area contributed by atoms with Crippen molar-refractivity contribution in [3.8, 4) is 0 Å². The minimum Gasteiger partial charge on any atom is -1.00 e. The molecule has 170 valence electrons. The summed E-state index contributed by atoms with van der Waals surface area (Å²) in [5, 5.41) is 1.87. The van der Waals surface area contributed by atoms with Gasteiger partial charge in [0.25, 0.3) is 0 Å². The minimum absolute atomic E-state index is 0. The molecule has 31 heavy (non-hydrogen) atoms. The van der Waals surface area contributed by atoms with Gasteiger partial charge >= 0.3 is 193 Å². The fourth-order valence-electron chi connectivity index (χ4n) is 4.79. The van der Waals surface area contributed by atoms with E-state index in [-0.39, 0.29) is 32.7 Å². The first-order chi connectivity index (χ1) is 13.9. The van der Waals surface area contributed by atoms with Crippen LogP contribution in [0.25, 0.3) is 6.08 Å². The molecule has 2 unspecified atom stereocenters. The molecular weight excluding hydrogens is 605 g/mol. The summed E-state index contributed by atoms with van der Waals surface area (Å²) in [6.45, 7) is 14.5. The first-order valence-electron chi connectivity index (χ1n) is 11.6. The van der Waals surface area contributed by atoms with E-state index in [2.05, 4.69) is 84.0 Å². The quantitative estimate of drug-likeness (QED) is 0.272. The van der Waals surface area contributed by atoms with Crippen LogP contribution in [-0.4, -0.2) is 12.3 Å². The Kier molecular flexibility index (Phi) is 13.2. The van der Waals surface area contributed by atoms with E-state index in [9.17, 15) is 0 Å². The zero-order valence-corrected chi connectivity index (χ0v) is 26.1. The summed E-state index contributed by atoms with van der Waals surface area (Å²) in [5.74, 6) is 2.34. The molecule has 1 aromatic carbocycles. The maximum Gasteiger partial charge on any atom is -1.00 e. The van der Waals surface area contributed by atoms with Crippen LogP contribution < -0.4 is 24.8 Å². The van der Waals surface area contributed by atoms with Crippen LogP contribution in [0.2, 0.25) is 0 Å². The maximum atomic E-state index is 2.64. The van der Waals surface area contributed by atoms with Gasteiger partial charge in [-0.2, -0.15) is 0 Å². The zero-order valence-electron chi connectivity index (χ0n) is 20.1. The fraction of sp³-hybridized carbons (Fsp3) is 0.556. The Balaban J connectivity index is 0.00000240. The molecule has 2 aliphatic rings. The standard InChI is InChI=1S/C17H24P.C10H15.2ClH.Hf/c1-13(2)11-18(12-14(3)4)17-9-15-7-5-6-8-16(15)10-17;1-3-6-9(2)10-7-4-5-8-10;;;/h5-10,13-14H,11-12H2,1-4H3;4,7,9H,3,5-6H2,1-2H3;2*1H;/q;;;;+2/p-2.